The van der Waals surface area contributed by atoms with Crippen molar-refractivity contribution in [3.63, 3.8) is 0 Å². The summed E-state index contributed by atoms with van der Waals surface area (Å²) in [5.74, 6) is -1.03. The summed E-state index contributed by atoms with van der Waals surface area (Å²) >= 11 is 0. The number of carbonyl (C=O) groups is 2. The highest BCUT2D eigenvalue weighted by Crippen LogP contribution is 2.20. The van der Waals surface area contributed by atoms with Crippen LogP contribution in [0.3, 0.4) is 0 Å². The van der Waals surface area contributed by atoms with Crippen LogP contribution < -0.4 is 5.32 Å². The molecule has 1 atom stereocenters. The quantitative estimate of drug-likeness (QED) is 0.877. The molecule has 0 aliphatic carbocycles. The van der Waals surface area contributed by atoms with Crippen molar-refractivity contribution in [2.75, 3.05) is 6.54 Å². The molecule has 1 aliphatic heterocycles. The van der Waals surface area contributed by atoms with Crippen LogP contribution in [0.2, 0.25) is 0 Å². The lowest BCUT2D eigenvalue weighted by molar-refractivity contribution is -0.134. The van der Waals surface area contributed by atoms with Crippen molar-refractivity contribution in [1.29, 1.82) is 0 Å². The van der Waals surface area contributed by atoms with Crippen LogP contribution in [0.25, 0.3) is 0 Å². The Hall–Kier alpha value is -2.69. The topological polar surface area (TPSA) is 49.4 Å². The molecular formula is C22H25FN2O2. The van der Waals surface area contributed by atoms with E-state index in [1.165, 1.54) is 23.8 Å². The van der Waals surface area contributed by atoms with Crippen molar-refractivity contribution in [2.45, 2.75) is 39.3 Å². The Morgan fingerprint density at radius 2 is 1.74 bits per heavy atom. The van der Waals surface area contributed by atoms with Crippen molar-refractivity contribution in [2.24, 2.45) is 5.92 Å². The number of hydrogen-bond donors (Lipinski definition) is 1. The average molecular weight is 368 g/mol. The lowest BCUT2D eigenvalue weighted by Crippen LogP contribution is -2.50. The lowest BCUT2D eigenvalue weighted by atomic mass is 9.97. The molecule has 2 aromatic rings. The van der Waals surface area contributed by atoms with Gasteiger partial charge in [-0.1, -0.05) is 50.2 Å². The maximum atomic E-state index is 13.9. The monoisotopic (exact) mass is 368 g/mol. The third-order valence-corrected chi connectivity index (χ3v) is 4.87. The summed E-state index contributed by atoms with van der Waals surface area (Å²) in [6, 6.07) is 13.3. The summed E-state index contributed by atoms with van der Waals surface area (Å²) in [7, 11) is 0. The van der Waals surface area contributed by atoms with E-state index in [2.05, 4.69) is 11.4 Å². The summed E-state index contributed by atoms with van der Waals surface area (Å²) in [5.41, 5.74) is 2.36. The van der Waals surface area contributed by atoms with Crippen LogP contribution in [-0.2, 0) is 17.8 Å². The van der Waals surface area contributed by atoms with E-state index >= 15 is 0 Å². The highest BCUT2D eigenvalue weighted by molar-refractivity contribution is 5.97. The first-order valence-corrected chi connectivity index (χ1v) is 9.36. The maximum Gasteiger partial charge on any atom is 0.254 e. The maximum absolute atomic E-state index is 13.9. The van der Waals surface area contributed by atoms with Gasteiger partial charge in [0.15, 0.2) is 0 Å². The minimum absolute atomic E-state index is 0.0388. The summed E-state index contributed by atoms with van der Waals surface area (Å²) in [6.45, 7) is 5.17. The third-order valence-electron chi connectivity index (χ3n) is 4.87. The van der Waals surface area contributed by atoms with Gasteiger partial charge in [0.2, 0.25) is 5.91 Å². The fourth-order valence-corrected chi connectivity index (χ4v) is 3.48. The van der Waals surface area contributed by atoms with Crippen molar-refractivity contribution in [1.82, 2.24) is 10.2 Å². The number of rotatable bonds is 5. The minimum Gasteiger partial charge on any atom is -0.340 e. The van der Waals surface area contributed by atoms with Crippen molar-refractivity contribution in [3.05, 3.63) is 71.0 Å². The van der Waals surface area contributed by atoms with Crippen LogP contribution in [0.1, 0.15) is 41.8 Å². The Morgan fingerprint density at radius 1 is 1.07 bits per heavy atom. The Labute approximate surface area is 159 Å². The van der Waals surface area contributed by atoms with Gasteiger partial charge < -0.3 is 10.2 Å². The molecule has 2 amide bonds. The van der Waals surface area contributed by atoms with Gasteiger partial charge in [0, 0.05) is 13.1 Å². The Morgan fingerprint density at radius 3 is 2.44 bits per heavy atom. The van der Waals surface area contributed by atoms with Crippen LogP contribution in [-0.4, -0.2) is 29.3 Å². The summed E-state index contributed by atoms with van der Waals surface area (Å²) in [4.78, 5) is 27.4. The molecule has 0 aromatic heterocycles. The summed E-state index contributed by atoms with van der Waals surface area (Å²) < 4.78 is 13.9. The van der Waals surface area contributed by atoms with Crippen LogP contribution >= 0.6 is 0 Å². The van der Waals surface area contributed by atoms with Gasteiger partial charge in [0.25, 0.3) is 5.91 Å². The second-order valence-corrected chi connectivity index (χ2v) is 7.41. The zero-order chi connectivity index (χ0) is 19.4. The van der Waals surface area contributed by atoms with Crippen LogP contribution in [0.4, 0.5) is 4.39 Å². The lowest BCUT2D eigenvalue weighted by Gasteiger charge is -2.32. The van der Waals surface area contributed by atoms with Crippen LogP contribution in [0.15, 0.2) is 48.5 Å². The average Bonchev–Trinajstić information content (AvgIpc) is 2.66. The van der Waals surface area contributed by atoms with E-state index in [1.54, 1.807) is 11.0 Å². The number of nitrogens with zero attached hydrogens (tertiary/aromatic N) is 1. The number of benzene rings is 2. The van der Waals surface area contributed by atoms with Gasteiger partial charge >= 0.3 is 0 Å². The first kappa shape index (κ1) is 19.1. The molecule has 0 saturated heterocycles. The molecular weight excluding hydrogens is 343 g/mol. The highest BCUT2D eigenvalue weighted by Gasteiger charge is 2.29. The zero-order valence-corrected chi connectivity index (χ0v) is 15.7. The predicted octanol–water partition coefficient (Wildman–Crippen LogP) is 3.56. The van der Waals surface area contributed by atoms with Crippen molar-refractivity contribution < 1.29 is 14.0 Å². The molecule has 2 aromatic carbocycles. The fourth-order valence-electron chi connectivity index (χ4n) is 3.48. The smallest absolute Gasteiger partial charge is 0.254 e. The molecule has 4 nitrogen and oxygen atoms in total. The first-order chi connectivity index (χ1) is 13.0. The van der Waals surface area contributed by atoms with Gasteiger partial charge in [-0.05, 0) is 42.0 Å². The Bertz CT molecular complexity index is 835. The Kier molecular flexibility index (Phi) is 5.89. The third kappa shape index (κ3) is 4.54. The molecule has 0 radical (unpaired) electrons. The molecule has 142 valence electrons. The molecule has 0 unspecified atom stereocenters. The van der Waals surface area contributed by atoms with Gasteiger partial charge in [0.1, 0.15) is 11.9 Å². The predicted molar refractivity (Wildman–Crippen MR) is 103 cm³/mol. The van der Waals surface area contributed by atoms with Gasteiger partial charge in [0.05, 0.1) is 5.56 Å². The number of carbonyl (C=O) groups excluding carboxylic acids is 2. The van der Waals surface area contributed by atoms with Gasteiger partial charge in [-0.2, -0.15) is 0 Å². The number of halogens is 1. The zero-order valence-electron chi connectivity index (χ0n) is 15.7. The van der Waals surface area contributed by atoms with Crippen LogP contribution in [0.5, 0.6) is 0 Å². The normalized spacial score (nSPS) is 14.6. The minimum atomic E-state index is -0.664. The highest BCUT2D eigenvalue weighted by atomic mass is 19.1. The molecule has 1 aliphatic rings. The van der Waals surface area contributed by atoms with Crippen molar-refractivity contribution in [3.8, 4) is 0 Å². The standard InChI is InChI=1S/C22H25FN2O2/c1-15(2)13-20(24-21(26)18-9-5-6-10-19(18)23)22(27)25-12-11-16-7-3-4-8-17(16)14-25/h3-10,15,20H,11-14H2,1-2H3,(H,24,26)/t20-/m0/s1. The van der Waals surface area contributed by atoms with Gasteiger partial charge in [-0.3, -0.25) is 9.59 Å². The largest absolute Gasteiger partial charge is 0.340 e. The second kappa shape index (κ2) is 8.33. The van der Waals surface area contributed by atoms with E-state index in [4.69, 9.17) is 0 Å². The molecule has 0 saturated carbocycles. The molecule has 0 spiro atoms. The number of amides is 2. The SMILES string of the molecule is CC(C)C[C@H](NC(=O)c1ccccc1F)C(=O)N1CCc2ccccc2C1. The number of nitrogens with one attached hydrogen (secondary N) is 1. The molecule has 1 N–H and O–H groups in total. The van der Waals surface area contributed by atoms with E-state index in [0.717, 1.165) is 12.0 Å². The summed E-state index contributed by atoms with van der Waals surface area (Å²) in [6.07, 6.45) is 1.31. The molecule has 0 fully saturated rings. The number of fused-ring (bicyclic) bond motifs is 1. The van der Waals surface area contributed by atoms with E-state index < -0.39 is 17.8 Å². The molecule has 5 heteroatoms. The van der Waals surface area contributed by atoms with Gasteiger partial charge in [-0.15, -0.1) is 0 Å². The first-order valence-electron chi connectivity index (χ1n) is 9.36. The van der Waals surface area contributed by atoms with Crippen LogP contribution in [0, 0.1) is 11.7 Å². The van der Waals surface area contributed by atoms with E-state index in [1.807, 2.05) is 32.0 Å². The molecule has 3 rings (SSSR count). The molecule has 27 heavy (non-hydrogen) atoms. The Balaban J connectivity index is 1.75. The number of hydrogen-bond acceptors (Lipinski definition) is 2. The van der Waals surface area contributed by atoms with E-state index in [0.29, 0.717) is 19.5 Å². The van der Waals surface area contributed by atoms with Gasteiger partial charge in [-0.25, -0.2) is 4.39 Å². The fraction of sp³-hybridized carbons (Fsp3) is 0.364. The van der Waals surface area contributed by atoms with E-state index in [-0.39, 0.29) is 17.4 Å². The van der Waals surface area contributed by atoms with Crippen molar-refractivity contribution >= 4 is 11.8 Å². The molecule has 0 bridgehead atoms. The second-order valence-electron chi connectivity index (χ2n) is 7.41. The molecule has 1 heterocycles. The van der Waals surface area contributed by atoms with E-state index in [9.17, 15) is 14.0 Å². The summed E-state index contributed by atoms with van der Waals surface area (Å²) in [5, 5.41) is 2.76.